The Labute approximate surface area is 111 Å². The van der Waals surface area contributed by atoms with Crippen LogP contribution in [-0.2, 0) is 6.42 Å². The van der Waals surface area contributed by atoms with Gasteiger partial charge in [-0.15, -0.1) is 0 Å². The summed E-state index contributed by atoms with van der Waals surface area (Å²) in [6.45, 7) is 2.80. The number of aryl methyl sites for hydroxylation is 1. The van der Waals surface area contributed by atoms with Crippen LogP contribution in [0.1, 0.15) is 11.3 Å². The third-order valence-corrected chi connectivity index (χ3v) is 3.09. The second-order valence-corrected chi connectivity index (χ2v) is 4.43. The number of H-pyrrole nitrogens is 1. The van der Waals surface area contributed by atoms with Gasteiger partial charge >= 0.3 is 0 Å². The van der Waals surface area contributed by atoms with Gasteiger partial charge in [0.15, 0.2) is 0 Å². The summed E-state index contributed by atoms with van der Waals surface area (Å²) in [6, 6.07) is 5.96. The molecule has 3 aromatic rings. The number of anilines is 1. The van der Waals surface area contributed by atoms with E-state index in [1.807, 2.05) is 25.3 Å². The molecular formula is C14H15N5. The number of rotatable bonds is 4. The zero-order chi connectivity index (χ0) is 13.1. The van der Waals surface area contributed by atoms with Gasteiger partial charge in [0.05, 0.1) is 16.6 Å². The van der Waals surface area contributed by atoms with E-state index >= 15 is 0 Å². The van der Waals surface area contributed by atoms with E-state index in [0.717, 1.165) is 35.4 Å². The average Bonchev–Trinajstić information content (AvgIpc) is 2.83. The Morgan fingerprint density at radius 1 is 1.26 bits per heavy atom. The minimum absolute atomic E-state index is 0.822. The van der Waals surface area contributed by atoms with Gasteiger partial charge in [-0.1, -0.05) is 6.07 Å². The van der Waals surface area contributed by atoms with E-state index in [1.54, 1.807) is 12.4 Å². The van der Waals surface area contributed by atoms with Crippen LogP contribution in [-0.4, -0.2) is 26.7 Å². The molecule has 0 atom stereocenters. The summed E-state index contributed by atoms with van der Waals surface area (Å²) in [7, 11) is 0. The van der Waals surface area contributed by atoms with Crippen molar-refractivity contribution in [1.29, 1.82) is 0 Å². The number of aromatic nitrogens is 4. The van der Waals surface area contributed by atoms with E-state index in [2.05, 4.69) is 31.5 Å². The molecule has 3 rings (SSSR count). The highest BCUT2D eigenvalue weighted by Gasteiger charge is 2.07. The van der Waals surface area contributed by atoms with Crippen molar-refractivity contribution in [3.05, 3.63) is 48.0 Å². The van der Waals surface area contributed by atoms with E-state index in [9.17, 15) is 0 Å². The lowest BCUT2D eigenvalue weighted by Gasteiger charge is -2.06. The molecule has 3 heterocycles. The van der Waals surface area contributed by atoms with E-state index in [1.165, 1.54) is 5.56 Å². The molecule has 0 amide bonds. The van der Waals surface area contributed by atoms with E-state index in [4.69, 9.17) is 0 Å². The van der Waals surface area contributed by atoms with Crippen LogP contribution >= 0.6 is 0 Å². The maximum atomic E-state index is 4.38. The first-order valence-corrected chi connectivity index (χ1v) is 6.27. The third kappa shape index (κ3) is 2.40. The number of fused-ring (bicyclic) bond motifs is 1. The zero-order valence-corrected chi connectivity index (χ0v) is 10.7. The predicted octanol–water partition coefficient (Wildman–Crippen LogP) is 2.32. The van der Waals surface area contributed by atoms with Crippen molar-refractivity contribution in [2.75, 3.05) is 11.9 Å². The maximum Gasteiger partial charge on any atom is 0.137 e. The van der Waals surface area contributed by atoms with Gasteiger partial charge in [0.1, 0.15) is 5.82 Å². The smallest absolute Gasteiger partial charge is 0.137 e. The highest BCUT2D eigenvalue weighted by atomic mass is 15.1. The molecule has 0 saturated carbocycles. The molecule has 0 aliphatic rings. The van der Waals surface area contributed by atoms with Crippen molar-refractivity contribution in [3.63, 3.8) is 0 Å². The van der Waals surface area contributed by atoms with Crippen LogP contribution in [0, 0.1) is 6.92 Å². The van der Waals surface area contributed by atoms with Gasteiger partial charge in [-0.3, -0.25) is 10.1 Å². The lowest BCUT2D eigenvalue weighted by Crippen LogP contribution is -2.06. The topological polar surface area (TPSA) is 66.5 Å². The Morgan fingerprint density at radius 3 is 3.05 bits per heavy atom. The molecule has 0 radical (unpaired) electrons. The third-order valence-electron chi connectivity index (χ3n) is 3.09. The van der Waals surface area contributed by atoms with Crippen LogP contribution in [0.4, 0.5) is 5.82 Å². The molecule has 5 heteroatoms. The van der Waals surface area contributed by atoms with Gasteiger partial charge in [-0.05, 0) is 31.0 Å². The lowest BCUT2D eigenvalue weighted by molar-refractivity contribution is 0.997. The monoisotopic (exact) mass is 253 g/mol. The Balaban J connectivity index is 1.74. The van der Waals surface area contributed by atoms with Gasteiger partial charge in [0, 0.05) is 25.1 Å². The van der Waals surface area contributed by atoms with E-state index < -0.39 is 0 Å². The van der Waals surface area contributed by atoms with Crippen LogP contribution in [0.2, 0.25) is 0 Å². The van der Waals surface area contributed by atoms with Gasteiger partial charge < -0.3 is 5.32 Å². The first-order chi connectivity index (χ1) is 9.34. The predicted molar refractivity (Wildman–Crippen MR) is 75.1 cm³/mol. The van der Waals surface area contributed by atoms with Crippen molar-refractivity contribution < 1.29 is 0 Å². The molecule has 3 aromatic heterocycles. The molecule has 96 valence electrons. The second kappa shape index (κ2) is 5.06. The zero-order valence-electron chi connectivity index (χ0n) is 10.7. The fourth-order valence-electron chi connectivity index (χ4n) is 2.13. The molecule has 0 bridgehead atoms. The molecule has 0 aliphatic carbocycles. The standard InChI is InChI=1S/C14H15N5/c1-10-13-12(19-18-10)5-8-17-14(13)16-7-4-11-3-2-6-15-9-11/h2-3,5-6,8-9H,4,7H2,1H3,(H,16,17)(H,18,19). The Morgan fingerprint density at radius 2 is 2.21 bits per heavy atom. The summed E-state index contributed by atoms with van der Waals surface area (Å²) >= 11 is 0. The number of hydrogen-bond acceptors (Lipinski definition) is 4. The first-order valence-electron chi connectivity index (χ1n) is 6.27. The normalized spacial score (nSPS) is 10.8. The molecule has 5 nitrogen and oxygen atoms in total. The Hall–Kier alpha value is -2.43. The van der Waals surface area contributed by atoms with Gasteiger partial charge in [0.2, 0.25) is 0 Å². The van der Waals surface area contributed by atoms with Gasteiger partial charge in [-0.25, -0.2) is 4.98 Å². The van der Waals surface area contributed by atoms with Gasteiger partial charge in [-0.2, -0.15) is 5.10 Å². The molecule has 0 aliphatic heterocycles. The number of nitrogens with zero attached hydrogens (tertiary/aromatic N) is 3. The van der Waals surface area contributed by atoms with Crippen LogP contribution in [0.3, 0.4) is 0 Å². The molecule has 0 aromatic carbocycles. The van der Waals surface area contributed by atoms with Crippen molar-refractivity contribution in [2.24, 2.45) is 0 Å². The number of pyridine rings is 2. The Kier molecular flexibility index (Phi) is 3.10. The summed E-state index contributed by atoms with van der Waals surface area (Å²) in [6.07, 6.45) is 6.38. The lowest BCUT2D eigenvalue weighted by atomic mass is 10.2. The van der Waals surface area contributed by atoms with Crippen LogP contribution in [0.15, 0.2) is 36.8 Å². The summed E-state index contributed by atoms with van der Waals surface area (Å²) in [5.41, 5.74) is 3.19. The number of aromatic amines is 1. The molecular weight excluding hydrogens is 238 g/mol. The van der Waals surface area contributed by atoms with Crippen molar-refractivity contribution in [3.8, 4) is 0 Å². The molecule has 2 N–H and O–H groups in total. The summed E-state index contributed by atoms with van der Waals surface area (Å²) in [5, 5.41) is 11.6. The molecule has 0 fully saturated rings. The largest absolute Gasteiger partial charge is 0.369 e. The average molecular weight is 253 g/mol. The molecule has 0 saturated heterocycles. The SMILES string of the molecule is Cc1n[nH]c2ccnc(NCCc3cccnc3)c12. The number of hydrogen-bond donors (Lipinski definition) is 2. The van der Waals surface area contributed by atoms with Crippen LogP contribution in [0.25, 0.3) is 10.9 Å². The molecule has 0 unspecified atom stereocenters. The maximum absolute atomic E-state index is 4.38. The van der Waals surface area contributed by atoms with E-state index in [-0.39, 0.29) is 0 Å². The second-order valence-electron chi connectivity index (χ2n) is 4.43. The first kappa shape index (κ1) is 11.6. The van der Waals surface area contributed by atoms with E-state index in [0.29, 0.717) is 0 Å². The molecule has 19 heavy (non-hydrogen) atoms. The fourth-order valence-corrected chi connectivity index (χ4v) is 2.13. The van der Waals surface area contributed by atoms with Crippen molar-refractivity contribution in [2.45, 2.75) is 13.3 Å². The fraction of sp³-hybridized carbons (Fsp3) is 0.214. The number of nitrogens with one attached hydrogen (secondary N) is 2. The quantitative estimate of drug-likeness (QED) is 0.748. The summed E-state index contributed by atoms with van der Waals surface area (Å²) in [5.74, 6) is 0.882. The Bertz CT molecular complexity index is 675. The summed E-state index contributed by atoms with van der Waals surface area (Å²) in [4.78, 5) is 8.49. The highest BCUT2D eigenvalue weighted by Crippen LogP contribution is 2.21. The van der Waals surface area contributed by atoms with Crippen LogP contribution in [0.5, 0.6) is 0 Å². The highest BCUT2D eigenvalue weighted by molar-refractivity contribution is 5.91. The summed E-state index contributed by atoms with van der Waals surface area (Å²) < 4.78 is 0. The van der Waals surface area contributed by atoms with Crippen LogP contribution < -0.4 is 5.32 Å². The minimum atomic E-state index is 0.822. The van der Waals surface area contributed by atoms with Crippen molar-refractivity contribution >= 4 is 16.7 Å². The molecule has 0 spiro atoms. The van der Waals surface area contributed by atoms with Gasteiger partial charge in [0.25, 0.3) is 0 Å². The minimum Gasteiger partial charge on any atom is -0.369 e. The van der Waals surface area contributed by atoms with Crippen molar-refractivity contribution in [1.82, 2.24) is 20.2 Å².